The van der Waals surface area contributed by atoms with Crippen LogP contribution in [0.4, 0.5) is 5.69 Å². The van der Waals surface area contributed by atoms with Crippen molar-refractivity contribution in [1.29, 1.82) is 0 Å². The first-order valence-electron chi connectivity index (χ1n) is 9.33. The molecule has 0 bridgehead atoms. The highest BCUT2D eigenvalue weighted by Crippen LogP contribution is 2.31. The number of nitrogens with two attached hydrogens (primary N) is 1. The van der Waals surface area contributed by atoms with Crippen molar-refractivity contribution < 1.29 is 14.5 Å². The van der Waals surface area contributed by atoms with Crippen LogP contribution in [0.3, 0.4) is 0 Å². The molecule has 9 nitrogen and oxygen atoms in total. The molecule has 2 heterocycles. The van der Waals surface area contributed by atoms with Crippen molar-refractivity contribution in [2.75, 3.05) is 0 Å². The number of nitro benzene ring substituents is 1. The van der Waals surface area contributed by atoms with Crippen LogP contribution in [-0.2, 0) is 0 Å². The summed E-state index contributed by atoms with van der Waals surface area (Å²) < 4.78 is 7.33. The number of nitrogens with one attached hydrogen (secondary N) is 1. The molecule has 9 heteroatoms. The summed E-state index contributed by atoms with van der Waals surface area (Å²) in [7, 11) is 0. The number of amides is 1. The van der Waals surface area contributed by atoms with E-state index in [4.69, 9.17) is 10.5 Å². The molecule has 2 aromatic heterocycles. The van der Waals surface area contributed by atoms with Gasteiger partial charge in [-0.15, -0.1) is 0 Å². The Hall–Kier alpha value is -4.66. The van der Waals surface area contributed by atoms with Crippen LogP contribution < -0.4 is 10.5 Å². The second-order valence-corrected chi connectivity index (χ2v) is 6.87. The van der Waals surface area contributed by atoms with Crippen LogP contribution in [0.1, 0.15) is 10.4 Å². The molecule has 0 aliphatic heterocycles. The predicted molar refractivity (Wildman–Crippen MR) is 114 cm³/mol. The Labute approximate surface area is 174 Å². The molecule has 5 aromatic rings. The number of benzene rings is 3. The molecule has 0 saturated heterocycles. The molecule has 0 aliphatic carbocycles. The smallest absolute Gasteiger partial charge is 0.271 e. The zero-order valence-corrected chi connectivity index (χ0v) is 16.0. The molecule has 0 aliphatic rings. The monoisotopic (exact) mass is 413 g/mol. The summed E-state index contributed by atoms with van der Waals surface area (Å²) in [4.78, 5) is 27.4. The Kier molecular flexibility index (Phi) is 4.14. The SMILES string of the molecule is NC(=O)c1c(-c2ccc(Oc3ccccc3)cc2)[nH]n2c1nc1ccc([N+](=O)[O-])cc12. The van der Waals surface area contributed by atoms with Crippen molar-refractivity contribution in [2.45, 2.75) is 0 Å². The first-order valence-corrected chi connectivity index (χ1v) is 9.33. The minimum Gasteiger partial charge on any atom is -0.457 e. The molecule has 0 saturated carbocycles. The molecule has 3 N–H and O–H groups in total. The summed E-state index contributed by atoms with van der Waals surface area (Å²) in [5.41, 5.74) is 8.23. The minimum atomic E-state index is -0.657. The summed E-state index contributed by atoms with van der Waals surface area (Å²) in [6.07, 6.45) is 0. The van der Waals surface area contributed by atoms with E-state index in [1.807, 2.05) is 30.3 Å². The number of nitro groups is 1. The first kappa shape index (κ1) is 18.4. The Morgan fingerprint density at radius 3 is 2.42 bits per heavy atom. The number of carbonyl (C=O) groups excluding carboxylic acids is 1. The van der Waals surface area contributed by atoms with Crippen LogP contribution in [0.2, 0.25) is 0 Å². The second-order valence-electron chi connectivity index (χ2n) is 6.87. The fourth-order valence-electron chi connectivity index (χ4n) is 3.49. The van der Waals surface area contributed by atoms with Crippen molar-refractivity contribution in [3.05, 3.63) is 88.5 Å². The average Bonchev–Trinajstić information content (AvgIpc) is 3.30. The van der Waals surface area contributed by atoms with Gasteiger partial charge in [0.05, 0.1) is 21.7 Å². The fourth-order valence-corrected chi connectivity index (χ4v) is 3.49. The zero-order valence-electron chi connectivity index (χ0n) is 16.0. The number of imidazole rings is 1. The molecule has 1 amide bonds. The third kappa shape index (κ3) is 3.14. The van der Waals surface area contributed by atoms with Crippen LogP contribution in [-0.4, -0.2) is 25.4 Å². The lowest BCUT2D eigenvalue weighted by molar-refractivity contribution is -0.384. The number of ether oxygens (including phenoxy) is 1. The van der Waals surface area contributed by atoms with Crippen LogP contribution in [0.15, 0.2) is 72.8 Å². The maximum absolute atomic E-state index is 12.2. The first-order chi connectivity index (χ1) is 15.0. The number of aromatic amines is 1. The summed E-state index contributed by atoms with van der Waals surface area (Å²) in [6.45, 7) is 0. The van der Waals surface area contributed by atoms with Gasteiger partial charge in [-0.3, -0.25) is 20.0 Å². The summed E-state index contributed by atoms with van der Waals surface area (Å²) >= 11 is 0. The van der Waals surface area contributed by atoms with Crippen molar-refractivity contribution >= 4 is 28.3 Å². The Balaban J connectivity index is 1.60. The average molecular weight is 413 g/mol. The van der Waals surface area contributed by atoms with Crippen LogP contribution in [0.25, 0.3) is 27.9 Å². The zero-order chi connectivity index (χ0) is 21.5. The number of fused-ring (bicyclic) bond motifs is 3. The summed E-state index contributed by atoms with van der Waals surface area (Å²) in [6, 6.07) is 20.8. The van der Waals surface area contributed by atoms with Crippen LogP contribution in [0.5, 0.6) is 11.5 Å². The van der Waals surface area contributed by atoms with E-state index in [0.717, 1.165) is 0 Å². The molecular weight excluding hydrogens is 398 g/mol. The highest BCUT2D eigenvalue weighted by molar-refractivity contribution is 6.06. The number of hydrogen-bond acceptors (Lipinski definition) is 5. The third-order valence-corrected chi connectivity index (χ3v) is 4.91. The van der Waals surface area contributed by atoms with Gasteiger partial charge < -0.3 is 10.5 Å². The van der Waals surface area contributed by atoms with Crippen molar-refractivity contribution in [3.63, 3.8) is 0 Å². The highest BCUT2D eigenvalue weighted by atomic mass is 16.6. The van der Waals surface area contributed by atoms with Gasteiger partial charge in [0.15, 0.2) is 5.65 Å². The molecule has 0 atom stereocenters. The van der Waals surface area contributed by atoms with Crippen molar-refractivity contribution in [3.8, 4) is 22.8 Å². The van der Waals surface area contributed by atoms with Gasteiger partial charge in [0, 0.05) is 17.7 Å². The quantitative estimate of drug-likeness (QED) is 0.328. The number of rotatable bonds is 5. The fraction of sp³-hybridized carbons (Fsp3) is 0. The molecule has 0 radical (unpaired) electrons. The largest absolute Gasteiger partial charge is 0.457 e. The molecule has 152 valence electrons. The topological polar surface area (TPSA) is 129 Å². The predicted octanol–water partition coefficient (Wildman–Crippen LogP) is 4.28. The number of hydrogen-bond donors (Lipinski definition) is 2. The molecule has 31 heavy (non-hydrogen) atoms. The maximum Gasteiger partial charge on any atom is 0.271 e. The molecular formula is C22H15N5O4. The van der Waals surface area contributed by atoms with E-state index in [1.54, 1.807) is 24.3 Å². The van der Waals surface area contributed by atoms with Gasteiger partial charge in [0.25, 0.3) is 11.6 Å². The Bertz CT molecular complexity index is 1450. The van der Waals surface area contributed by atoms with Gasteiger partial charge in [0.2, 0.25) is 0 Å². The number of carbonyl (C=O) groups is 1. The van der Waals surface area contributed by atoms with Gasteiger partial charge in [-0.25, -0.2) is 9.50 Å². The third-order valence-electron chi connectivity index (χ3n) is 4.91. The van der Waals surface area contributed by atoms with E-state index in [0.29, 0.717) is 39.4 Å². The van der Waals surface area contributed by atoms with Gasteiger partial charge in [0.1, 0.15) is 17.1 Å². The second kappa shape index (κ2) is 6.99. The number of nitrogens with zero attached hydrogens (tertiary/aromatic N) is 3. The number of H-pyrrole nitrogens is 1. The normalized spacial score (nSPS) is 11.1. The van der Waals surface area contributed by atoms with E-state index in [2.05, 4.69) is 10.1 Å². The van der Waals surface area contributed by atoms with Gasteiger partial charge in [-0.05, 0) is 42.5 Å². The molecule has 5 rings (SSSR count). The molecule has 3 aromatic carbocycles. The minimum absolute atomic E-state index is 0.0755. The summed E-state index contributed by atoms with van der Waals surface area (Å²) in [5.74, 6) is 0.683. The van der Waals surface area contributed by atoms with Gasteiger partial charge in [-0.1, -0.05) is 18.2 Å². The van der Waals surface area contributed by atoms with E-state index in [1.165, 1.54) is 22.7 Å². The molecule has 0 fully saturated rings. The molecule has 0 unspecified atom stereocenters. The van der Waals surface area contributed by atoms with Crippen molar-refractivity contribution in [2.24, 2.45) is 5.73 Å². The van der Waals surface area contributed by atoms with Gasteiger partial charge >= 0.3 is 0 Å². The van der Waals surface area contributed by atoms with Crippen molar-refractivity contribution in [1.82, 2.24) is 14.6 Å². The standard InChI is InChI=1S/C22H15N5O4/c23-21(28)19-20(13-6-9-16(10-7-13)31-15-4-2-1-3-5-15)25-26-18-12-14(27(29)30)8-11-17(18)24-22(19)26/h1-12,25H,(H2,23,28). The number of non-ortho nitro benzene ring substituents is 1. The van der Waals surface area contributed by atoms with E-state index >= 15 is 0 Å². The Morgan fingerprint density at radius 2 is 1.74 bits per heavy atom. The lowest BCUT2D eigenvalue weighted by Crippen LogP contribution is -2.12. The van der Waals surface area contributed by atoms with E-state index < -0.39 is 10.8 Å². The summed E-state index contributed by atoms with van der Waals surface area (Å²) in [5, 5.41) is 14.3. The highest BCUT2D eigenvalue weighted by Gasteiger charge is 2.22. The lowest BCUT2D eigenvalue weighted by Gasteiger charge is -2.06. The number of para-hydroxylation sites is 1. The van der Waals surface area contributed by atoms with Crippen LogP contribution in [0, 0.1) is 10.1 Å². The lowest BCUT2D eigenvalue weighted by atomic mass is 10.1. The van der Waals surface area contributed by atoms with E-state index in [9.17, 15) is 14.9 Å². The van der Waals surface area contributed by atoms with Gasteiger partial charge in [-0.2, -0.15) is 0 Å². The number of aromatic nitrogens is 3. The molecule has 0 spiro atoms. The number of primary amides is 1. The van der Waals surface area contributed by atoms with E-state index in [-0.39, 0.29) is 11.3 Å². The maximum atomic E-state index is 12.2. The Morgan fingerprint density at radius 1 is 1.03 bits per heavy atom. The van der Waals surface area contributed by atoms with Crippen LogP contribution >= 0.6 is 0 Å².